The van der Waals surface area contributed by atoms with Crippen LogP contribution in [0.15, 0.2) is 0 Å². The van der Waals surface area contributed by atoms with Crippen LogP contribution in [-0.2, 0) is 0 Å². The number of nitrogens with two attached hydrogens (primary N) is 1. The largest absolute Gasteiger partial charge is 0.330 e. The van der Waals surface area contributed by atoms with E-state index in [2.05, 4.69) is 13.8 Å². The van der Waals surface area contributed by atoms with Crippen molar-refractivity contribution in [2.45, 2.75) is 33.1 Å². The van der Waals surface area contributed by atoms with Crippen molar-refractivity contribution in [2.24, 2.45) is 17.1 Å². The molecule has 54 valence electrons. The van der Waals surface area contributed by atoms with Gasteiger partial charge in [-0.1, -0.05) is 26.7 Å². The summed E-state index contributed by atoms with van der Waals surface area (Å²) in [4.78, 5) is 0. The second kappa shape index (κ2) is 2.30. The Morgan fingerprint density at radius 3 is 2.67 bits per heavy atom. The zero-order valence-corrected chi connectivity index (χ0v) is 6.48. The molecule has 0 aromatic heterocycles. The predicted octanol–water partition coefficient (Wildman–Crippen LogP) is 1.77. The summed E-state index contributed by atoms with van der Waals surface area (Å²) in [5.41, 5.74) is 6.13. The van der Waals surface area contributed by atoms with Crippen LogP contribution in [0.2, 0.25) is 0 Å². The van der Waals surface area contributed by atoms with E-state index in [1.807, 2.05) is 0 Å². The van der Waals surface area contributed by atoms with Gasteiger partial charge in [0.05, 0.1) is 0 Å². The Morgan fingerprint density at radius 1 is 1.67 bits per heavy atom. The molecule has 2 atom stereocenters. The van der Waals surface area contributed by atoms with Crippen molar-refractivity contribution in [1.29, 1.82) is 0 Å². The first kappa shape index (κ1) is 7.07. The lowest BCUT2D eigenvalue weighted by Crippen LogP contribution is -2.13. The summed E-state index contributed by atoms with van der Waals surface area (Å²) in [5, 5.41) is 0. The molecular formula is C8H17N. The van der Waals surface area contributed by atoms with Crippen LogP contribution in [0.5, 0.6) is 0 Å². The van der Waals surface area contributed by atoms with Gasteiger partial charge in [-0.15, -0.1) is 0 Å². The summed E-state index contributed by atoms with van der Waals surface area (Å²) in [6.07, 6.45) is 4.07. The summed E-state index contributed by atoms with van der Waals surface area (Å²) in [6, 6.07) is 0. The van der Waals surface area contributed by atoms with Crippen molar-refractivity contribution in [1.82, 2.24) is 0 Å². The van der Waals surface area contributed by atoms with Crippen LogP contribution in [0.4, 0.5) is 0 Å². The number of hydrogen-bond acceptors (Lipinski definition) is 1. The molecule has 2 N–H and O–H groups in total. The lowest BCUT2D eigenvalue weighted by Gasteiger charge is -2.04. The number of rotatable bonds is 3. The highest BCUT2D eigenvalue weighted by atomic mass is 14.7. The molecule has 9 heavy (non-hydrogen) atoms. The predicted molar refractivity (Wildman–Crippen MR) is 40.2 cm³/mol. The Kier molecular flexibility index (Phi) is 1.80. The van der Waals surface area contributed by atoms with Crippen molar-refractivity contribution in [3.8, 4) is 0 Å². The molecule has 0 aliphatic heterocycles. The molecule has 0 aromatic carbocycles. The van der Waals surface area contributed by atoms with Crippen molar-refractivity contribution in [2.75, 3.05) is 6.54 Å². The Bertz CT molecular complexity index is 98.7. The van der Waals surface area contributed by atoms with Crippen LogP contribution in [0.25, 0.3) is 0 Å². The van der Waals surface area contributed by atoms with E-state index >= 15 is 0 Å². The Hall–Kier alpha value is -0.0400. The molecular weight excluding hydrogens is 110 g/mol. The molecule has 1 aliphatic carbocycles. The second-order valence-electron chi connectivity index (χ2n) is 3.55. The van der Waals surface area contributed by atoms with Crippen molar-refractivity contribution in [3.05, 3.63) is 0 Å². The standard InChI is InChI=1S/C8H17N/c1-3-4-7-5-8(7,2)6-9/h7H,3-6,9H2,1-2H3. The third kappa shape index (κ3) is 1.26. The van der Waals surface area contributed by atoms with Crippen LogP contribution in [0.3, 0.4) is 0 Å². The zero-order valence-electron chi connectivity index (χ0n) is 6.48. The van der Waals surface area contributed by atoms with Crippen LogP contribution in [-0.4, -0.2) is 6.54 Å². The smallest absolute Gasteiger partial charge is 0.00204 e. The molecule has 0 heterocycles. The molecule has 1 rings (SSSR count). The third-order valence-corrected chi connectivity index (χ3v) is 2.64. The van der Waals surface area contributed by atoms with Crippen LogP contribution in [0.1, 0.15) is 33.1 Å². The SMILES string of the molecule is CCCC1CC1(C)CN. The molecule has 1 saturated carbocycles. The van der Waals surface area contributed by atoms with E-state index < -0.39 is 0 Å². The first-order valence-corrected chi connectivity index (χ1v) is 3.93. The maximum atomic E-state index is 5.59. The molecule has 0 amide bonds. The van der Waals surface area contributed by atoms with Crippen LogP contribution < -0.4 is 5.73 Å². The van der Waals surface area contributed by atoms with Gasteiger partial charge in [-0.05, 0) is 24.3 Å². The zero-order chi connectivity index (χ0) is 6.91. The highest BCUT2D eigenvalue weighted by Gasteiger charge is 2.47. The highest BCUT2D eigenvalue weighted by Crippen LogP contribution is 2.53. The summed E-state index contributed by atoms with van der Waals surface area (Å²) >= 11 is 0. The van der Waals surface area contributed by atoms with E-state index in [0.717, 1.165) is 12.5 Å². The Morgan fingerprint density at radius 2 is 2.33 bits per heavy atom. The molecule has 2 unspecified atom stereocenters. The second-order valence-corrected chi connectivity index (χ2v) is 3.55. The molecule has 0 spiro atoms. The van der Waals surface area contributed by atoms with E-state index in [-0.39, 0.29) is 0 Å². The minimum Gasteiger partial charge on any atom is -0.330 e. The molecule has 1 nitrogen and oxygen atoms in total. The quantitative estimate of drug-likeness (QED) is 0.614. The third-order valence-electron chi connectivity index (χ3n) is 2.64. The van der Waals surface area contributed by atoms with Gasteiger partial charge in [0.15, 0.2) is 0 Å². The fraction of sp³-hybridized carbons (Fsp3) is 1.00. The van der Waals surface area contributed by atoms with E-state index in [9.17, 15) is 0 Å². The van der Waals surface area contributed by atoms with Gasteiger partial charge in [-0.25, -0.2) is 0 Å². The summed E-state index contributed by atoms with van der Waals surface area (Å²) in [7, 11) is 0. The minimum absolute atomic E-state index is 0.538. The topological polar surface area (TPSA) is 26.0 Å². The molecule has 0 bridgehead atoms. The normalized spacial score (nSPS) is 41.0. The average molecular weight is 127 g/mol. The van der Waals surface area contributed by atoms with Gasteiger partial charge in [0.25, 0.3) is 0 Å². The molecule has 0 saturated heterocycles. The fourth-order valence-corrected chi connectivity index (χ4v) is 1.55. The van der Waals surface area contributed by atoms with Crippen molar-refractivity contribution < 1.29 is 0 Å². The Balaban J connectivity index is 2.22. The first-order chi connectivity index (χ1) is 4.23. The van der Waals surface area contributed by atoms with Gasteiger partial charge < -0.3 is 5.73 Å². The van der Waals surface area contributed by atoms with Crippen molar-refractivity contribution in [3.63, 3.8) is 0 Å². The minimum atomic E-state index is 0.538. The lowest BCUT2D eigenvalue weighted by atomic mass is 10.0. The monoisotopic (exact) mass is 127 g/mol. The van der Waals surface area contributed by atoms with Gasteiger partial charge in [0.1, 0.15) is 0 Å². The van der Waals surface area contributed by atoms with E-state index in [1.165, 1.54) is 19.3 Å². The molecule has 0 radical (unpaired) electrons. The van der Waals surface area contributed by atoms with Gasteiger partial charge in [0, 0.05) is 0 Å². The van der Waals surface area contributed by atoms with Crippen LogP contribution >= 0.6 is 0 Å². The van der Waals surface area contributed by atoms with Gasteiger partial charge >= 0.3 is 0 Å². The maximum absolute atomic E-state index is 5.59. The number of hydrogen-bond donors (Lipinski definition) is 1. The maximum Gasteiger partial charge on any atom is -0.00204 e. The van der Waals surface area contributed by atoms with E-state index in [1.54, 1.807) is 0 Å². The van der Waals surface area contributed by atoms with Gasteiger partial charge in [-0.3, -0.25) is 0 Å². The average Bonchev–Trinajstić information content (AvgIpc) is 2.46. The summed E-state index contributed by atoms with van der Waals surface area (Å²) < 4.78 is 0. The van der Waals surface area contributed by atoms with E-state index in [0.29, 0.717) is 5.41 Å². The Labute approximate surface area is 57.6 Å². The molecule has 1 heteroatoms. The van der Waals surface area contributed by atoms with E-state index in [4.69, 9.17) is 5.73 Å². The van der Waals surface area contributed by atoms with Gasteiger partial charge in [0.2, 0.25) is 0 Å². The van der Waals surface area contributed by atoms with Crippen LogP contribution in [0, 0.1) is 11.3 Å². The highest BCUT2D eigenvalue weighted by molar-refractivity contribution is 4.98. The molecule has 1 aliphatic rings. The first-order valence-electron chi connectivity index (χ1n) is 3.93. The summed E-state index contributed by atoms with van der Waals surface area (Å²) in [6.45, 7) is 5.43. The lowest BCUT2D eigenvalue weighted by molar-refractivity contribution is 0.492. The van der Waals surface area contributed by atoms with Gasteiger partial charge in [-0.2, -0.15) is 0 Å². The molecule has 1 fully saturated rings. The fourth-order valence-electron chi connectivity index (χ4n) is 1.55. The van der Waals surface area contributed by atoms with Crippen molar-refractivity contribution >= 4 is 0 Å². The summed E-state index contributed by atoms with van der Waals surface area (Å²) in [5.74, 6) is 0.951. The molecule has 0 aromatic rings.